The summed E-state index contributed by atoms with van der Waals surface area (Å²) in [5.41, 5.74) is -0.792. The fourth-order valence-electron chi connectivity index (χ4n) is 1.19. The first kappa shape index (κ1) is 16.3. The van der Waals surface area contributed by atoms with Gasteiger partial charge in [0.2, 0.25) is 10.0 Å². The van der Waals surface area contributed by atoms with E-state index in [4.69, 9.17) is 9.84 Å². The maximum absolute atomic E-state index is 11.9. The van der Waals surface area contributed by atoms with Crippen molar-refractivity contribution in [1.82, 2.24) is 4.31 Å². The van der Waals surface area contributed by atoms with E-state index in [0.717, 1.165) is 4.31 Å². The average molecular weight is 267 g/mol. The van der Waals surface area contributed by atoms with E-state index in [1.54, 1.807) is 13.8 Å². The lowest BCUT2D eigenvalue weighted by molar-refractivity contribution is -0.141. The van der Waals surface area contributed by atoms with Gasteiger partial charge >= 0.3 is 5.97 Å². The maximum Gasteiger partial charge on any atom is 0.307 e. The van der Waals surface area contributed by atoms with Crippen LogP contribution in [0.4, 0.5) is 0 Å². The predicted molar refractivity (Wildman–Crippen MR) is 64.3 cm³/mol. The molecule has 1 atom stereocenters. The van der Waals surface area contributed by atoms with Gasteiger partial charge in [-0.2, -0.15) is 0 Å². The van der Waals surface area contributed by atoms with Gasteiger partial charge in [-0.3, -0.25) is 4.79 Å². The highest BCUT2D eigenvalue weighted by Crippen LogP contribution is 2.14. The molecule has 1 unspecified atom stereocenters. The third-order valence-electron chi connectivity index (χ3n) is 2.51. The normalized spacial score (nSPS) is 14.9. The highest BCUT2D eigenvalue weighted by Gasteiger charge is 2.30. The molecule has 0 aliphatic heterocycles. The van der Waals surface area contributed by atoms with Gasteiger partial charge in [0.15, 0.2) is 0 Å². The number of rotatable bonds is 7. The van der Waals surface area contributed by atoms with Crippen LogP contribution in [0.25, 0.3) is 0 Å². The Morgan fingerprint density at radius 1 is 1.47 bits per heavy atom. The molecule has 0 saturated heterocycles. The molecule has 0 rings (SSSR count). The second-order valence-electron chi connectivity index (χ2n) is 4.74. The number of methoxy groups -OCH3 is 1. The molecule has 0 saturated carbocycles. The zero-order valence-corrected chi connectivity index (χ0v) is 11.7. The minimum absolute atomic E-state index is 0.0442. The molecule has 0 spiro atoms. The van der Waals surface area contributed by atoms with E-state index in [1.165, 1.54) is 21.1 Å². The molecule has 6 nitrogen and oxygen atoms in total. The molecule has 0 aliphatic rings. The van der Waals surface area contributed by atoms with Crippen molar-refractivity contribution in [3.63, 3.8) is 0 Å². The zero-order chi connectivity index (χ0) is 13.9. The van der Waals surface area contributed by atoms with Crippen LogP contribution in [0.2, 0.25) is 0 Å². The summed E-state index contributed by atoms with van der Waals surface area (Å²) in [6.45, 7) is 4.76. The van der Waals surface area contributed by atoms with Crippen LogP contribution in [-0.4, -0.2) is 55.9 Å². The van der Waals surface area contributed by atoms with Gasteiger partial charge in [-0.1, -0.05) is 6.92 Å². The van der Waals surface area contributed by atoms with Crippen LogP contribution in [-0.2, 0) is 19.6 Å². The Bertz CT molecular complexity index is 363. The van der Waals surface area contributed by atoms with Gasteiger partial charge in [0.1, 0.15) is 0 Å². The van der Waals surface area contributed by atoms with Crippen LogP contribution in [0.3, 0.4) is 0 Å². The van der Waals surface area contributed by atoms with Gasteiger partial charge in [0.05, 0.1) is 17.3 Å². The fraction of sp³-hybridized carbons (Fsp3) is 0.900. The Morgan fingerprint density at radius 3 is 2.29 bits per heavy atom. The molecule has 0 heterocycles. The smallest absolute Gasteiger partial charge is 0.307 e. The number of sulfonamides is 1. The molecule has 17 heavy (non-hydrogen) atoms. The number of aliphatic carboxylic acids is 1. The Balaban J connectivity index is 4.67. The van der Waals surface area contributed by atoms with E-state index in [0.29, 0.717) is 0 Å². The van der Waals surface area contributed by atoms with Gasteiger partial charge in [-0.05, 0) is 13.8 Å². The zero-order valence-electron chi connectivity index (χ0n) is 10.9. The summed E-state index contributed by atoms with van der Waals surface area (Å²) in [5.74, 6) is -1.93. The van der Waals surface area contributed by atoms with Crippen molar-refractivity contribution < 1.29 is 23.1 Å². The number of nitrogens with zero attached hydrogens (tertiary/aromatic N) is 1. The van der Waals surface area contributed by atoms with Crippen molar-refractivity contribution in [1.29, 1.82) is 0 Å². The Labute approximate surface area is 103 Å². The molecule has 0 aromatic heterocycles. The maximum atomic E-state index is 11.9. The number of carbonyl (C=O) groups is 1. The van der Waals surface area contributed by atoms with Gasteiger partial charge < -0.3 is 9.84 Å². The first-order valence-corrected chi connectivity index (χ1v) is 6.85. The van der Waals surface area contributed by atoms with Gasteiger partial charge in [0.25, 0.3) is 0 Å². The van der Waals surface area contributed by atoms with Crippen LogP contribution in [0.15, 0.2) is 0 Å². The van der Waals surface area contributed by atoms with Crippen molar-refractivity contribution in [2.24, 2.45) is 5.92 Å². The Morgan fingerprint density at radius 2 is 1.94 bits per heavy atom. The first-order valence-electron chi connectivity index (χ1n) is 5.24. The molecule has 0 aromatic carbocycles. The number of hydrogen-bond donors (Lipinski definition) is 1. The van der Waals surface area contributed by atoms with Gasteiger partial charge in [-0.15, -0.1) is 0 Å². The van der Waals surface area contributed by atoms with Crippen LogP contribution in [0, 0.1) is 5.92 Å². The standard InChI is InChI=1S/C10H21NO5S/c1-8(9(12)13)6-11(4)17(14,15)7-10(2,3)16-5/h8H,6-7H2,1-5H3,(H,12,13). The molecule has 0 fully saturated rings. The highest BCUT2D eigenvalue weighted by molar-refractivity contribution is 7.89. The van der Waals surface area contributed by atoms with E-state index >= 15 is 0 Å². The van der Waals surface area contributed by atoms with Crippen molar-refractivity contribution in [3.05, 3.63) is 0 Å². The predicted octanol–water partition coefficient (Wildman–Crippen LogP) is 0.394. The summed E-state index contributed by atoms with van der Waals surface area (Å²) in [6.07, 6.45) is 0. The van der Waals surface area contributed by atoms with E-state index in [1.807, 2.05) is 0 Å². The summed E-state index contributed by atoms with van der Waals surface area (Å²) < 4.78 is 29.9. The molecule has 7 heteroatoms. The molecular formula is C10H21NO5S. The Kier molecular flexibility index (Phi) is 5.57. The molecular weight excluding hydrogens is 246 g/mol. The number of hydrogen-bond acceptors (Lipinski definition) is 4. The van der Waals surface area contributed by atoms with Crippen molar-refractivity contribution in [2.75, 3.05) is 26.5 Å². The largest absolute Gasteiger partial charge is 0.481 e. The highest BCUT2D eigenvalue weighted by atomic mass is 32.2. The summed E-state index contributed by atoms with van der Waals surface area (Å²) in [6, 6.07) is 0. The van der Waals surface area contributed by atoms with Crippen LogP contribution < -0.4 is 0 Å². The van der Waals surface area contributed by atoms with Crippen molar-refractivity contribution >= 4 is 16.0 Å². The van der Waals surface area contributed by atoms with E-state index in [2.05, 4.69) is 0 Å². The molecule has 102 valence electrons. The summed E-state index contributed by atoms with van der Waals surface area (Å²) in [7, 11) is -0.698. The number of carboxylic acid groups (broad SMARTS) is 1. The molecule has 0 amide bonds. The van der Waals surface area contributed by atoms with Crippen molar-refractivity contribution in [3.8, 4) is 0 Å². The van der Waals surface area contributed by atoms with E-state index in [-0.39, 0.29) is 12.3 Å². The lowest BCUT2D eigenvalue weighted by Gasteiger charge is -2.26. The quantitative estimate of drug-likeness (QED) is 0.721. The van der Waals surface area contributed by atoms with Crippen LogP contribution >= 0.6 is 0 Å². The second-order valence-corrected chi connectivity index (χ2v) is 6.82. The minimum Gasteiger partial charge on any atom is -0.481 e. The monoisotopic (exact) mass is 267 g/mol. The SMILES string of the molecule is COC(C)(C)CS(=O)(=O)N(C)CC(C)C(=O)O. The molecule has 0 bridgehead atoms. The molecule has 0 aromatic rings. The van der Waals surface area contributed by atoms with E-state index in [9.17, 15) is 13.2 Å². The lowest BCUT2D eigenvalue weighted by Crippen LogP contribution is -2.42. The summed E-state index contributed by atoms with van der Waals surface area (Å²) in [4.78, 5) is 10.7. The minimum atomic E-state index is -3.51. The first-order chi connectivity index (χ1) is 7.52. The van der Waals surface area contributed by atoms with Gasteiger partial charge in [-0.25, -0.2) is 12.7 Å². The molecule has 0 radical (unpaired) electrons. The lowest BCUT2D eigenvalue weighted by atomic mass is 10.2. The van der Waals surface area contributed by atoms with Crippen LogP contribution in [0.1, 0.15) is 20.8 Å². The average Bonchev–Trinajstić information content (AvgIpc) is 2.15. The molecule has 0 aliphatic carbocycles. The van der Waals surface area contributed by atoms with Crippen molar-refractivity contribution in [2.45, 2.75) is 26.4 Å². The van der Waals surface area contributed by atoms with E-state index < -0.39 is 27.5 Å². The number of ether oxygens (including phenoxy) is 1. The third-order valence-corrected chi connectivity index (χ3v) is 4.67. The van der Waals surface area contributed by atoms with Gasteiger partial charge in [0, 0.05) is 20.7 Å². The number of carboxylic acids is 1. The summed E-state index contributed by atoms with van der Waals surface area (Å²) in [5, 5.41) is 8.73. The second kappa shape index (κ2) is 5.79. The topological polar surface area (TPSA) is 83.9 Å². The Hall–Kier alpha value is -0.660. The van der Waals surface area contributed by atoms with Crippen LogP contribution in [0.5, 0.6) is 0 Å². The fourth-order valence-corrected chi connectivity index (χ4v) is 2.85. The molecule has 1 N–H and O–H groups in total. The third kappa shape index (κ3) is 5.47. The summed E-state index contributed by atoms with van der Waals surface area (Å²) >= 11 is 0.